The second-order valence-electron chi connectivity index (χ2n) is 8.20. The quantitative estimate of drug-likeness (QED) is 0.160. The molecule has 5 rings (SSSR count). The first-order valence-electron chi connectivity index (χ1n) is 11.5. The highest BCUT2D eigenvalue weighted by Crippen LogP contribution is 2.34. The van der Waals surface area contributed by atoms with Crippen molar-refractivity contribution >= 4 is 58.2 Å². The van der Waals surface area contributed by atoms with Crippen molar-refractivity contribution in [3.05, 3.63) is 87.5 Å². The van der Waals surface area contributed by atoms with E-state index in [1.807, 2.05) is 41.8 Å². The number of methoxy groups -OCH3 is 1. The smallest absolute Gasteiger partial charge is 0.234 e. The lowest BCUT2D eigenvalue weighted by Crippen LogP contribution is -2.14. The highest BCUT2D eigenvalue weighted by Gasteiger charge is 2.23. The minimum Gasteiger partial charge on any atom is -0.497 e. The van der Waals surface area contributed by atoms with Gasteiger partial charge in [0, 0.05) is 11.4 Å². The summed E-state index contributed by atoms with van der Waals surface area (Å²) in [5, 5.41) is 21.9. The Morgan fingerprint density at radius 3 is 2.38 bits per heavy atom. The van der Waals surface area contributed by atoms with Crippen LogP contribution in [0.25, 0.3) is 22.9 Å². The lowest BCUT2D eigenvalue weighted by Gasteiger charge is -2.10. The molecule has 0 fully saturated rings. The monoisotopic (exact) mass is 599 g/mol. The maximum atomic E-state index is 12.7. The van der Waals surface area contributed by atoms with Gasteiger partial charge in [0.1, 0.15) is 5.75 Å². The number of thioether (sulfide) groups is 1. The summed E-state index contributed by atoms with van der Waals surface area (Å²) in [5.74, 6) is 1.09. The molecule has 0 radical (unpaired) electrons. The molecule has 1 amide bonds. The second-order valence-corrected chi connectivity index (χ2v) is 10.4. The molecule has 39 heavy (non-hydrogen) atoms. The van der Waals surface area contributed by atoms with Crippen LogP contribution in [0.3, 0.4) is 0 Å². The lowest BCUT2D eigenvalue weighted by atomic mass is 10.2. The zero-order valence-electron chi connectivity index (χ0n) is 20.6. The van der Waals surface area contributed by atoms with E-state index in [1.165, 1.54) is 11.8 Å². The summed E-state index contributed by atoms with van der Waals surface area (Å²) >= 11 is 20.0. The van der Waals surface area contributed by atoms with Crippen LogP contribution in [0.15, 0.2) is 71.9 Å². The van der Waals surface area contributed by atoms with Gasteiger partial charge in [-0.25, -0.2) is 4.68 Å². The number of amides is 1. The van der Waals surface area contributed by atoms with Gasteiger partial charge < -0.3 is 10.1 Å². The molecule has 0 aliphatic rings. The minimum absolute atomic E-state index is 0.113. The maximum Gasteiger partial charge on any atom is 0.234 e. The van der Waals surface area contributed by atoms with Crippen molar-refractivity contribution < 1.29 is 9.53 Å². The standard InChI is InChI=1S/C26H20Cl3N7O2S/c1-15-24(31-34-36(15)22-13-20(28)19(27)12-21(22)29)25-32-33-26(35(25)17-6-4-3-5-7-17)39-14-23(37)30-16-8-10-18(38-2)11-9-16/h3-13H,14H2,1-2H3,(H,30,37). The maximum absolute atomic E-state index is 12.7. The van der Waals surface area contributed by atoms with Crippen molar-refractivity contribution in [3.63, 3.8) is 0 Å². The number of para-hydroxylation sites is 1. The summed E-state index contributed by atoms with van der Waals surface area (Å²) < 4.78 is 8.57. The van der Waals surface area contributed by atoms with Gasteiger partial charge >= 0.3 is 0 Å². The van der Waals surface area contributed by atoms with Gasteiger partial charge in [-0.05, 0) is 55.5 Å². The molecule has 0 aliphatic carbocycles. The van der Waals surface area contributed by atoms with Crippen LogP contribution in [0.2, 0.25) is 15.1 Å². The van der Waals surface area contributed by atoms with Gasteiger partial charge in [-0.1, -0.05) is 70.0 Å². The summed E-state index contributed by atoms with van der Waals surface area (Å²) in [6.07, 6.45) is 0. The van der Waals surface area contributed by atoms with Gasteiger partial charge in [0.15, 0.2) is 16.7 Å². The lowest BCUT2D eigenvalue weighted by molar-refractivity contribution is -0.113. The molecule has 198 valence electrons. The van der Waals surface area contributed by atoms with Crippen LogP contribution < -0.4 is 10.1 Å². The normalized spacial score (nSPS) is 11.0. The van der Waals surface area contributed by atoms with E-state index in [0.29, 0.717) is 54.6 Å². The summed E-state index contributed by atoms with van der Waals surface area (Å²) in [5.41, 5.74) is 3.14. The molecule has 1 N–H and O–H groups in total. The Balaban J connectivity index is 1.45. The van der Waals surface area contributed by atoms with Crippen molar-refractivity contribution in [1.82, 2.24) is 29.8 Å². The first-order valence-corrected chi connectivity index (χ1v) is 13.6. The fourth-order valence-electron chi connectivity index (χ4n) is 3.77. The van der Waals surface area contributed by atoms with Crippen LogP contribution in [0.4, 0.5) is 5.69 Å². The molecular formula is C26H20Cl3N7O2S. The van der Waals surface area contributed by atoms with Crippen LogP contribution in [0, 0.1) is 6.92 Å². The number of hydrogen-bond donors (Lipinski definition) is 1. The first-order chi connectivity index (χ1) is 18.9. The van der Waals surface area contributed by atoms with Crippen molar-refractivity contribution in [1.29, 1.82) is 0 Å². The Hall–Kier alpha value is -3.57. The zero-order valence-corrected chi connectivity index (χ0v) is 23.7. The Morgan fingerprint density at radius 1 is 0.949 bits per heavy atom. The molecule has 9 nitrogen and oxygen atoms in total. The highest BCUT2D eigenvalue weighted by atomic mass is 35.5. The van der Waals surface area contributed by atoms with Crippen molar-refractivity contribution in [2.45, 2.75) is 12.1 Å². The van der Waals surface area contributed by atoms with E-state index >= 15 is 0 Å². The third-order valence-electron chi connectivity index (χ3n) is 5.68. The number of nitrogens with zero attached hydrogens (tertiary/aromatic N) is 6. The molecule has 0 bridgehead atoms. The molecule has 3 aromatic carbocycles. The number of hydrogen-bond acceptors (Lipinski definition) is 7. The molecule has 0 saturated carbocycles. The SMILES string of the molecule is COc1ccc(NC(=O)CSc2nnc(-c3nnn(-c4cc(Cl)c(Cl)cc4Cl)c3C)n2-c2ccccc2)cc1. The van der Waals surface area contributed by atoms with Gasteiger partial charge in [-0.15, -0.1) is 15.3 Å². The molecule has 5 aromatic rings. The number of ether oxygens (including phenoxy) is 1. The van der Waals surface area contributed by atoms with Crippen molar-refractivity contribution in [2.75, 3.05) is 18.2 Å². The summed E-state index contributed by atoms with van der Waals surface area (Å²) in [6.45, 7) is 1.84. The largest absolute Gasteiger partial charge is 0.497 e. The van der Waals surface area contributed by atoms with Crippen LogP contribution in [0.1, 0.15) is 5.69 Å². The molecule has 2 aromatic heterocycles. The minimum atomic E-state index is -0.189. The molecule has 0 aliphatic heterocycles. The van der Waals surface area contributed by atoms with E-state index < -0.39 is 0 Å². The van der Waals surface area contributed by atoms with Crippen LogP contribution in [0.5, 0.6) is 5.75 Å². The number of aromatic nitrogens is 6. The third kappa shape index (κ3) is 5.74. The average molecular weight is 601 g/mol. The first kappa shape index (κ1) is 27.0. The van der Waals surface area contributed by atoms with Gasteiger partial charge in [-0.3, -0.25) is 9.36 Å². The van der Waals surface area contributed by atoms with Crippen molar-refractivity contribution in [2.24, 2.45) is 0 Å². The summed E-state index contributed by atoms with van der Waals surface area (Å²) in [6, 6.07) is 19.9. The fourth-order valence-corrected chi connectivity index (χ4v) is 5.14. The number of benzene rings is 3. The Bertz CT molecular complexity index is 1640. The zero-order chi connectivity index (χ0) is 27.5. The van der Waals surface area contributed by atoms with Crippen LogP contribution in [-0.2, 0) is 4.79 Å². The Morgan fingerprint density at radius 2 is 1.67 bits per heavy atom. The Kier molecular flexibility index (Phi) is 8.08. The summed E-state index contributed by atoms with van der Waals surface area (Å²) in [7, 11) is 1.59. The molecule has 13 heteroatoms. The Labute approximate surface area is 243 Å². The topological polar surface area (TPSA) is 99.8 Å². The predicted molar refractivity (Wildman–Crippen MR) is 154 cm³/mol. The molecular weight excluding hydrogens is 581 g/mol. The van der Waals surface area contributed by atoms with Gasteiger partial charge in [0.2, 0.25) is 5.91 Å². The molecule has 0 spiro atoms. The van der Waals surface area contributed by atoms with E-state index in [2.05, 4.69) is 25.8 Å². The van der Waals surface area contributed by atoms with E-state index in [-0.39, 0.29) is 11.7 Å². The summed E-state index contributed by atoms with van der Waals surface area (Å²) in [4.78, 5) is 12.7. The van der Waals surface area contributed by atoms with E-state index in [9.17, 15) is 4.79 Å². The molecule has 0 atom stereocenters. The third-order valence-corrected chi connectivity index (χ3v) is 7.63. The second kappa shape index (κ2) is 11.7. The van der Waals surface area contributed by atoms with Crippen molar-refractivity contribution in [3.8, 4) is 28.6 Å². The predicted octanol–water partition coefficient (Wildman–Crippen LogP) is 6.52. The molecule has 2 heterocycles. The number of carbonyl (C=O) groups excluding carboxylic acids is 1. The highest BCUT2D eigenvalue weighted by molar-refractivity contribution is 7.99. The number of carbonyl (C=O) groups is 1. The van der Waals surface area contributed by atoms with E-state index in [4.69, 9.17) is 39.5 Å². The number of nitrogens with one attached hydrogen (secondary N) is 1. The van der Waals surface area contributed by atoms with Crippen LogP contribution in [-0.4, -0.2) is 48.5 Å². The number of halogens is 3. The molecule has 0 saturated heterocycles. The number of anilines is 1. The van der Waals surface area contributed by atoms with Gasteiger partial charge in [-0.2, -0.15) is 0 Å². The fraction of sp³-hybridized carbons (Fsp3) is 0.115. The van der Waals surface area contributed by atoms with E-state index in [0.717, 1.165) is 5.69 Å². The van der Waals surface area contributed by atoms with Gasteiger partial charge in [0.25, 0.3) is 0 Å². The van der Waals surface area contributed by atoms with Crippen LogP contribution >= 0.6 is 46.6 Å². The average Bonchev–Trinajstić information content (AvgIpc) is 3.53. The number of rotatable bonds is 8. The molecule has 0 unspecified atom stereocenters. The van der Waals surface area contributed by atoms with E-state index in [1.54, 1.807) is 48.2 Å². The van der Waals surface area contributed by atoms with Gasteiger partial charge in [0.05, 0.1) is 39.3 Å².